The molecule has 2 aromatic rings. The molecule has 0 amide bonds. The monoisotopic (exact) mass is 514 g/mol. The van der Waals surface area contributed by atoms with Gasteiger partial charge in [-0.15, -0.1) is 35.3 Å². The Labute approximate surface area is 189 Å². The zero-order valence-corrected chi connectivity index (χ0v) is 20.3. The molecule has 0 aromatic carbocycles. The topological polar surface area (TPSA) is 65.4 Å². The van der Waals surface area contributed by atoms with E-state index in [1.807, 2.05) is 19.9 Å². The van der Waals surface area contributed by atoms with E-state index in [0.29, 0.717) is 12.6 Å². The van der Waals surface area contributed by atoms with Gasteiger partial charge in [0.1, 0.15) is 5.82 Å². The second-order valence-electron chi connectivity index (χ2n) is 6.98. The van der Waals surface area contributed by atoms with Gasteiger partial charge in [0.25, 0.3) is 0 Å². The van der Waals surface area contributed by atoms with Crippen LogP contribution in [0.15, 0.2) is 23.2 Å². The van der Waals surface area contributed by atoms with E-state index in [2.05, 4.69) is 51.5 Å². The molecule has 2 aromatic heterocycles. The Morgan fingerprint density at radius 2 is 1.96 bits per heavy atom. The molecule has 0 saturated carbocycles. The summed E-state index contributed by atoms with van der Waals surface area (Å²) in [6, 6.07) is 6.67. The minimum absolute atomic E-state index is 0. The number of nitrogens with zero attached hydrogens (tertiary/aromatic N) is 4. The van der Waals surface area contributed by atoms with E-state index >= 15 is 0 Å². The van der Waals surface area contributed by atoms with Crippen molar-refractivity contribution in [3.63, 3.8) is 0 Å². The minimum Gasteiger partial charge on any atom is -0.357 e. The van der Waals surface area contributed by atoms with E-state index in [1.165, 1.54) is 4.88 Å². The lowest BCUT2D eigenvalue weighted by Crippen LogP contribution is -2.48. The lowest BCUT2D eigenvalue weighted by molar-refractivity contribution is 0.459. The lowest BCUT2D eigenvalue weighted by atomic mass is 10.1. The molecule has 0 radical (unpaired) electrons. The first-order valence-corrected chi connectivity index (χ1v) is 10.5. The van der Waals surface area contributed by atoms with Gasteiger partial charge in [-0.1, -0.05) is 6.07 Å². The summed E-state index contributed by atoms with van der Waals surface area (Å²) in [4.78, 5) is 17.5. The molecular weight excluding hydrogens is 483 g/mol. The van der Waals surface area contributed by atoms with Crippen LogP contribution in [-0.4, -0.2) is 41.6 Å². The van der Waals surface area contributed by atoms with Gasteiger partial charge < -0.3 is 15.5 Å². The smallest absolute Gasteiger partial charge is 0.191 e. The number of aliphatic imine (C=N–C) groups is 1. The Hall–Kier alpha value is -1.42. The molecule has 0 aliphatic carbocycles. The summed E-state index contributed by atoms with van der Waals surface area (Å²) in [6.07, 6.45) is 2.16. The molecule has 28 heavy (non-hydrogen) atoms. The van der Waals surface area contributed by atoms with Gasteiger partial charge in [-0.05, 0) is 52.7 Å². The van der Waals surface area contributed by atoms with Crippen molar-refractivity contribution in [2.24, 2.45) is 4.99 Å². The molecule has 0 unspecified atom stereocenters. The summed E-state index contributed by atoms with van der Waals surface area (Å²) in [5.41, 5.74) is 2.17. The van der Waals surface area contributed by atoms with Crippen LogP contribution in [-0.2, 0) is 6.54 Å². The summed E-state index contributed by atoms with van der Waals surface area (Å²) < 4.78 is 0. The van der Waals surface area contributed by atoms with Gasteiger partial charge >= 0.3 is 0 Å². The number of thiazole rings is 1. The molecule has 2 N–H and O–H groups in total. The Morgan fingerprint density at radius 1 is 1.21 bits per heavy atom. The van der Waals surface area contributed by atoms with Crippen molar-refractivity contribution in [1.82, 2.24) is 20.6 Å². The SMILES string of the molecule is CCNC(=NCc1sc(C)nc1C)NC1CCN(c2cccc(C)n2)CC1.I. The molecule has 0 bridgehead atoms. The molecule has 6 nitrogen and oxygen atoms in total. The molecule has 154 valence electrons. The van der Waals surface area contributed by atoms with Crippen LogP contribution in [0.3, 0.4) is 0 Å². The van der Waals surface area contributed by atoms with Crippen LogP contribution in [0.4, 0.5) is 5.82 Å². The maximum Gasteiger partial charge on any atom is 0.191 e. The van der Waals surface area contributed by atoms with Crippen molar-refractivity contribution >= 4 is 47.1 Å². The second kappa shape index (κ2) is 10.9. The third-order valence-corrected chi connectivity index (χ3v) is 5.82. The van der Waals surface area contributed by atoms with Crippen LogP contribution in [0, 0.1) is 20.8 Å². The van der Waals surface area contributed by atoms with E-state index in [-0.39, 0.29) is 24.0 Å². The number of piperidine rings is 1. The molecule has 8 heteroatoms. The summed E-state index contributed by atoms with van der Waals surface area (Å²) in [7, 11) is 0. The molecule has 1 aliphatic heterocycles. The van der Waals surface area contributed by atoms with Crippen molar-refractivity contribution in [1.29, 1.82) is 0 Å². The molecule has 0 atom stereocenters. The fraction of sp³-hybridized carbons (Fsp3) is 0.550. The highest BCUT2D eigenvalue weighted by Crippen LogP contribution is 2.19. The van der Waals surface area contributed by atoms with E-state index in [1.54, 1.807) is 11.3 Å². The second-order valence-corrected chi connectivity index (χ2v) is 8.27. The van der Waals surface area contributed by atoms with E-state index < -0.39 is 0 Å². The summed E-state index contributed by atoms with van der Waals surface area (Å²) in [5, 5.41) is 8.09. The Kier molecular flexibility index (Phi) is 8.94. The first-order chi connectivity index (χ1) is 13.0. The number of hydrogen-bond acceptors (Lipinski definition) is 5. The van der Waals surface area contributed by atoms with Crippen LogP contribution in [0.1, 0.15) is 41.0 Å². The van der Waals surface area contributed by atoms with Crippen LogP contribution in [0.2, 0.25) is 0 Å². The van der Waals surface area contributed by atoms with E-state index in [4.69, 9.17) is 4.99 Å². The predicted molar refractivity (Wildman–Crippen MR) is 129 cm³/mol. The summed E-state index contributed by atoms with van der Waals surface area (Å²) in [6.45, 7) is 11.8. The van der Waals surface area contributed by atoms with Crippen LogP contribution < -0.4 is 15.5 Å². The third-order valence-electron chi connectivity index (χ3n) is 4.76. The summed E-state index contributed by atoms with van der Waals surface area (Å²) in [5.74, 6) is 1.99. The lowest BCUT2D eigenvalue weighted by Gasteiger charge is -2.34. The maximum absolute atomic E-state index is 4.78. The number of aromatic nitrogens is 2. The Bertz CT molecular complexity index is 783. The summed E-state index contributed by atoms with van der Waals surface area (Å²) >= 11 is 1.73. The standard InChI is InChI=1S/C20H30N6S.HI/c1-5-21-20(22-13-18-15(3)24-16(4)27-18)25-17-9-11-26(12-10-17)19-8-6-7-14(2)23-19;/h6-8,17H,5,9-13H2,1-4H3,(H2,21,22,25);1H. The largest absolute Gasteiger partial charge is 0.357 e. The maximum atomic E-state index is 4.78. The van der Waals surface area contributed by atoms with Gasteiger partial charge in [0.2, 0.25) is 0 Å². The number of nitrogens with one attached hydrogen (secondary N) is 2. The minimum atomic E-state index is 0. The number of hydrogen-bond donors (Lipinski definition) is 2. The van der Waals surface area contributed by atoms with Crippen molar-refractivity contribution in [2.75, 3.05) is 24.5 Å². The first kappa shape index (κ1) is 22.9. The van der Waals surface area contributed by atoms with Gasteiger partial charge in [0.05, 0.1) is 17.2 Å². The molecule has 1 saturated heterocycles. The van der Waals surface area contributed by atoms with Gasteiger partial charge in [-0.2, -0.15) is 0 Å². The molecule has 3 rings (SSSR count). The molecular formula is C20H31IN6S. The van der Waals surface area contributed by atoms with E-state index in [0.717, 1.165) is 60.6 Å². The highest BCUT2D eigenvalue weighted by molar-refractivity contribution is 14.0. The number of aryl methyl sites for hydroxylation is 3. The first-order valence-electron chi connectivity index (χ1n) is 9.71. The predicted octanol–water partition coefficient (Wildman–Crippen LogP) is 3.81. The number of halogens is 1. The van der Waals surface area contributed by atoms with E-state index in [9.17, 15) is 0 Å². The molecule has 1 fully saturated rings. The molecule has 1 aliphatic rings. The normalized spacial score (nSPS) is 15.3. The van der Waals surface area contributed by atoms with Crippen LogP contribution >= 0.6 is 35.3 Å². The highest BCUT2D eigenvalue weighted by atomic mass is 127. The highest BCUT2D eigenvalue weighted by Gasteiger charge is 2.21. The quantitative estimate of drug-likeness (QED) is 0.361. The fourth-order valence-corrected chi connectivity index (χ4v) is 4.20. The van der Waals surface area contributed by atoms with Gasteiger partial charge in [-0.25, -0.2) is 15.0 Å². The van der Waals surface area contributed by atoms with Crippen molar-refractivity contribution in [2.45, 2.75) is 53.1 Å². The Balaban J connectivity index is 0.00000280. The van der Waals surface area contributed by atoms with Crippen LogP contribution in [0.5, 0.6) is 0 Å². The van der Waals surface area contributed by atoms with Crippen LogP contribution in [0.25, 0.3) is 0 Å². The van der Waals surface area contributed by atoms with Gasteiger partial charge in [0.15, 0.2) is 5.96 Å². The fourth-order valence-electron chi connectivity index (χ4n) is 3.34. The number of pyridine rings is 1. The third kappa shape index (κ3) is 6.30. The zero-order chi connectivity index (χ0) is 19.2. The average Bonchev–Trinajstić information content (AvgIpc) is 2.98. The Morgan fingerprint density at radius 3 is 2.57 bits per heavy atom. The van der Waals surface area contributed by atoms with Crippen molar-refractivity contribution in [3.05, 3.63) is 39.5 Å². The zero-order valence-electron chi connectivity index (χ0n) is 17.2. The molecule has 3 heterocycles. The number of guanidine groups is 1. The average molecular weight is 514 g/mol. The van der Waals surface area contributed by atoms with Gasteiger partial charge in [-0.3, -0.25) is 0 Å². The number of anilines is 1. The van der Waals surface area contributed by atoms with Crippen molar-refractivity contribution < 1.29 is 0 Å². The number of rotatable bonds is 5. The molecule has 0 spiro atoms. The van der Waals surface area contributed by atoms with Crippen molar-refractivity contribution in [3.8, 4) is 0 Å². The van der Waals surface area contributed by atoms with Gasteiger partial charge in [0, 0.05) is 36.2 Å².